The Kier molecular flexibility index (Phi) is 6.81. The quantitative estimate of drug-likeness (QED) is 0.751. The number of nitrogens with two attached hydrogens (primary N) is 1. The van der Waals surface area contributed by atoms with Crippen molar-refractivity contribution < 1.29 is 19.0 Å². The summed E-state index contributed by atoms with van der Waals surface area (Å²) in [6.45, 7) is 4.25. The summed E-state index contributed by atoms with van der Waals surface area (Å²) in [5.41, 5.74) is 6.80. The highest BCUT2D eigenvalue weighted by molar-refractivity contribution is 5.77. The summed E-state index contributed by atoms with van der Waals surface area (Å²) in [7, 11) is 3.09. The number of nitrogens with one attached hydrogen (secondary N) is 1. The molecule has 6 heteroatoms. The number of ether oxygens (including phenoxy) is 3. The summed E-state index contributed by atoms with van der Waals surface area (Å²) in [5, 5.41) is 2.67. The number of amides is 1. The molecule has 0 aliphatic carbocycles. The molecule has 1 aromatic carbocycles. The molecule has 0 bridgehead atoms. The minimum absolute atomic E-state index is 0.0292. The SMILES string of the molecule is CCNC(=O)COc1c(OC)cc(CC(C)N)cc1OC. The molecule has 21 heavy (non-hydrogen) atoms. The zero-order valence-corrected chi connectivity index (χ0v) is 13.1. The Bertz CT molecular complexity index is 450. The average molecular weight is 296 g/mol. The van der Waals surface area contributed by atoms with Gasteiger partial charge in [0, 0.05) is 12.6 Å². The molecule has 0 aliphatic rings. The van der Waals surface area contributed by atoms with E-state index < -0.39 is 0 Å². The fraction of sp³-hybridized carbons (Fsp3) is 0.533. The van der Waals surface area contributed by atoms with Crippen molar-refractivity contribution in [2.24, 2.45) is 5.73 Å². The molecular formula is C15H24N2O4. The van der Waals surface area contributed by atoms with E-state index in [1.54, 1.807) is 14.2 Å². The number of carbonyl (C=O) groups excluding carboxylic acids is 1. The zero-order chi connectivity index (χ0) is 15.8. The maximum absolute atomic E-state index is 11.5. The average Bonchev–Trinajstić information content (AvgIpc) is 2.44. The number of hydrogen-bond acceptors (Lipinski definition) is 5. The molecule has 118 valence electrons. The van der Waals surface area contributed by atoms with Gasteiger partial charge in [-0.2, -0.15) is 0 Å². The van der Waals surface area contributed by atoms with E-state index >= 15 is 0 Å². The van der Waals surface area contributed by atoms with Gasteiger partial charge in [-0.05, 0) is 38.0 Å². The second-order valence-electron chi connectivity index (χ2n) is 4.75. The lowest BCUT2D eigenvalue weighted by Crippen LogP contribution is -2.28. The molecule has 0 saturated heterocycles. The summed E-state index contributed by atoms with van der Waals surface area (Å²) in [4.78, 5) is 11.5. The monoisotopic (exact) mass is 296 g/mol. The van der Waals surface area contributed by atoms with Crippen molar-refractivity contribution in [3.05, 3.63) is 17.7 Å². The van der Waals surface area contributed by atoms with Crippen LogP contribution in [0.2, 0.25) is 0 Å². The summed E-state index contributed by atoms with van der Waals surface area (Å²) >= 11 is 0. The number of carbonyl (C=O) groups is 1. The van der Waals surface area contributed by atoms with Crippen LogP contribution < -0.4 is 25.3 Å². The third-order valence-electron chi connectivity index (χ3n) is 2.80. The highest BCUT2D eigenvalue weighted by atomic mass is 16.5. The van der Waals surface area contributed by atoms with Gasteiger partial charge in [0.05, 0.1) is 14.2 Å². The first kappa shape index (κ1) is 17.1. The molecule has 0 aliphatic heterocycles. The molecule has 6 nitrogen and oxygen atoms in total. The van der Waals surface area contributed by atoms with Crippen molar-refractivity contribution in [3.8, 4) is 17.2 Å². The Morgan fingerprint density at radius 2 is 1.86 bits per heavy atom. The predicted octanol–water partition coefficient (Wildman–Crippen LogP) is 1.11. The van der Waals surface area contributed by atoms with Crippen LogP contribution >= 0.6 is 0 Å². The standard InChI is InChI=1S/C15H24N2O4/c1-5-17-14(18)9-21-15-12(19-3)7-11(6-10(2)16)8-13(15)20-4/h7-8,10H,5-6,9,16H2,1-4H3,(H,17,18). The molecular weight excluding hydrogens is 272 g/mol. The number of likely N-dealkylation sites (N-methyl/N-ethyl adjacent to an activating group) is 1. The zero-order valence-electron chi connectivity index (χ0n) is 13.1. The lowest BCUT2D eigenvalue weighted by atomic mass is 10.1. The van der Waals surface area contributed by atoms with Gasteiger partial charge < -0.3 is 25.3 Å². The van der Waals surface area contributed by atoms with Gasteiger partial charge in [0.2, 0.25) is 5.75 Å². The van der Waals surface area contributed by atoms with Crippen molar-refractivity contribution >= 4 is 5.91 Å². The van der Waals surface area contributed by atoms with E-state index in [2.05, 4.69) is 5.32 Å². The van der Waals surface area contributed by atoms with Crippen molar-refractivity contribution in [2.45, 2.75) is 26.3 Å². The molecule has 1 unspecified atom stereocenters. The van der Waals surface area contributed by atoms with Crippen LogP contribution in [0.25, 0.3) is 0 Å². The first-order valence-electron chi connectivity index (χ1n) is 6.91. The fourth-order valence-electron chi connectivity index (χ4n) is 1.95. The van der Waals surface area contributed by atoms with Gasteiger partial charge >= 0.3 is 0 Å². The lowest BCUT2D eigenvalue weighted by Gasteiger charge is -2.16. The molecule has 3 N–H and O–H groups in total. The van der Waals surface area contributed by atoms with Crippen LogP contribution in [0.4, 0.5) is 0 Å². The molecule has 1 aromatic rings. The first-order chi connectivity index (χ1) is 10.0. The molecule has 1 amide bonds. The van der Waals surface area contributed by atoms with E-state index in [1.165, 1.54) is 0 Å². The third kappa shape index (κ3) is 5.15. The van der Waals surface area contributed by atoms with Gasteiger partial charge in [0.15, 0.2) is 18.1 Å². The minimum atomic E-state index is -0.193. The molecule has 1 atom stereocenters. The summed E-state index contributed by atoms with van der Waals surface area (Å²) < 4.78 is 16.2. The number of methoxy groups -OCH3 is 2. The minimum Gasteiger partial charge on any atom is -0.493 e. The molecule has 0 radical (unpaired) electrons. The third-order valence-corrected chi connectivity index (χ3v) is 2.80. The largest absolute Gasteiger partial charge is 0.493 e. The summed E-state index contributed by atoms with van der Waals surface area (Å²) in [5.74, 6) is 1.27. The Hall–Kier alpha value is -1.95. The van der Waals surface area contributed by atoms with E-state index in [-0.39, 0.29) is 18.6 Å². The number of hydrogen-bond donors (Lipinski definition) is 2. The highest BCUT2D eigenvalue weighted by Gasteiger charge is 2.16. The molecule has 0 spiro atoms. The second-order valence-corrected chi connectivity index (χ2v) is 4.75. The van der Waals surface area contributed by atoms with Crippen LogP contribution in [-0.2, 0) is 11.2 Å². The lowest BCUT2D eigenvalue weighted by molar-refractivity contribution is -0.123. The van der Waals surface area contributed by atoms with E-state index in [1.807, 2.05) is 26.0 Å². The smallest absolute Gasteiger partial charge is 0.257 e. The van der Waals surface area contributed by atoms with Crippen molar-refractivity contribution in [3.63, 3.8) is 0 Å². The molecule has 0 saturated carbocycles. The Labute approximate surface area is 125 Å². The van der Waals surface area contributed by atoms with Gasteiger partial charge in [-0.15, -0.1) is 0 Å². The van der Waals surface area contributed by atoms with Crippen LogP contribution in [0.15, 0.2) is 12.1 Å². The molecule has 0 fully saturated rings. The van der Waals surface area contributed by atoms with Gasteiger partial charge in [-0.25, -0.2) is 0 Å². The maximum atomic E-state index is 11.5. The van der Waals surface area contributed by atoms with Crippen LogP contribution in [0, 0.1) is 0 Å². The van der Waals surface area contributed by atoms with Gasteiger partial charge in [0.1, 0.15) is 0 Å². The van der Waals surface area contributed by atoms with Crippen molar-refractivity contribution in [2.75, 3.05) is 27.4 Å². The summed E-state index contributed by atoms with van der Waals surface area (Å²) in [6.07, 6.45) is 0.698. The molecule has 0 aromatic heterocycles. The topological polar surface area (TPSA) is 82.8 Å². The van der Waals surface area contributed by atoms with Crippen LogP contribution in [0.3, 0.4) is 0 Å². The Morgan fingerprint density at radius 3 is 2.29 bits per heavy atom. The van der Waals surface area contributed by atoms with E-state index in [0.717, 1.165) is 5.56 Å². The van der Waals surface area contributed by atoms with Crippen LogP contribution in [0.5, 0.6) is 17.2 Å². The predicted molar refractivity (Wildman–Crippen MR) is 81.1 cm³/mol. The Balaban J connectivity index is 2.97. The van der Waals surface area contributed by atoms with Crippen LogP contribution in [-0.4, -0.2) is 39.3 Å². The summed E-state index contributed by atoms with van der Waals surface area (Å²) in [6, 6.07) is 3.72. The normalized spacial score (nSPS) is 11.7. The van der Waals surface area contributed by atoms with Gasteiger partial charge in [0.25, 0.3) is 5.91 Å². The van der Waals surface area contributed by atoms with Crippen LogP contribution in [0.1, 0.15) is 19.4 Å². The first-order valence-corrected chi connectivity index (χ1v) is 6.91. The van der Waals surface area contributed by atoms with Crippen molar-refractivity contribution in [1.29, 1.82) is 0 Å². The molecule has 1 rings (SSSR count). The van der Waals surface area contributed by atoms with Gasteiger partial charge in [-0.1, -0.05) is 0 Å². The fourth-order valence-corrected chi connectivity index (χ4v) is 1.95. The number of rotatable bonds is 8. The second kappa shape index (κ2) is 8.36. The Morgan fingerprint density at radius 1 is 1.29 bits per heavy atom. The maximum Gasteiger partial charge on any atom is 0.257 e. The van der Waals surface area contributed by atoms with E-state index in [0.29, 0.717) is 30.2 Å². The van der Waals surface area contributed by atoms with E-state index in [9.17, 15) is 4.79 Å². The number of benzene rings is 1. The highest BCUT2D eigenvalue weighted by Crippen LogP contribution is 2.38. The molecule has 0 heterocycles. The van der Waals surface area contributed by atoms with E-state index in [4.69, 9.17) is 19.9 Å². The van der Waals surface area contributed by atoms with Crippen molar-refractivity contribution in [1.82, 2.24) is 5.32 Å². The van der Waals surface area contributed by atoms with Gasteiger partial charge in [-0.3, -0.25) is 4.79 Å².